The monoisotopic (exact) mass is 468 g/mol. The molecule has 3 aromatic heterocycles. The van der Waals surface area contributed by atoms with E-state index in [1.54, 1.807) is 11.3 Å². The van der Waals surface area contributed by atoms with Gasteiger partial charge in [-0.15, -0.1) is 11.3 Å². The van der Waals surface area contributed by atoms with Gasteiger partial charge in [0, 0.05) is 30.7 Å². The summed E-state index contributed by atoms with van der Waals surface area (Å²) in [4.78, 5) is 18.9. The maximum atomic E-state index is 11.2. The van der Waals surface area contributed by atoms with Crippen LogP contribution in [0.1, 0.15) is 55.8 Å². The van der Waals surface area contributed by atoms with Gasteiger partial charge in [-0.05, 0) is 51.5 Å². The molecule has 0 aromatic carbocycles. The minimum atomic E-state index is -1.59. The third kappa shape index (κ3) is 3.84. The molecule has 0 bridgehead atoms. The highest BCUT2D eigenvalue weighted by Gasteiger charge is 2.47. The molecule has 3 unspecified atom stereocenters. The molecule has 0 radical (unpaired) electrons. The van der Waals surface area contributed by atoms with Crippen molar-refractivity contribution in [1.29, 1.82) is 0 Å². The van der Waals surface area contributed by atoms with Crippen LogP contribution in [0.15, 0.2) is 12.3 Å². The first-order valence-corrected chi connectivity index (χ1v) is 12.5. The van der Waals surface area contributed by atoms with E-state index in [2.05, 4.69) is 20.6 Å². The van der Waals surface area contributed by atoms with E-state index in [1.165, 1.54) is 0 Å². The number of nitrogens with zero attached hydrogens (tertiary/aromatic N) is 4. The molecule has 3 saturated carbocycles. The number of aromatic nitrogens is 4. The number of hydrogen-bond donors (Lipinski definition) is 5. The Morgan fingerprint density at radius 1 is 1.15 bits per heavy atom. The summed E-state index contributed by atoms with van der Waals surface area (Å²) in [5, 5.41) is 38.7. The summed E-state index contributed by atoms with van der Waals surface area (Å²) in [5.74, 6) is 1.03. The van der Waals surface area contributed by atoms with Crippen LogP contribution in [-0.2, 0) is 0 Å². The van der Waals surface area contributed by atoms with Gasteiger partial charge in [0.05, 0.1) is 21.7 Å². The fourth-order valence-corrected chi connectivity index (χ4v) is 5.73. The summed E-state index contributed by atoms with van der Waals surface area (Å²) in [6.07, 6.45) is 6.03. The third-order valence-corrected chi connectivity index (χ3v) is 7.95. The van der Waals surface area contributed by atoms with Gasteiger partial charge >= 0.3 is 0 Å². The van der Waals surface area contributed by atoms with Crippen molar-refractivity contribution in [2.75, 3.05) is 17.2 Å². The molecule has 10 heteroatoms. The Kier molecular flexibility index (Phi) is 5.02. The van der Waals surface area contributed by atoms with Crippen LogP contribution in [-0.4, -0.2) is 59.7 Å². The van der Waals surface area contributed by atoms with E-state index in [9.17, 15) is 15.3 Å². The Balaban J connectivity index is 1.44. The minimum Gasteiger partial charge on any atom is -0.396 e. The number of anilines is 2. The van der Waals surface area contributed by atoms with Gasteiger partial charge in [0.25, 0.3) is 0 Å². The van der Waals surface area contributed by atoms with Crippen molar-refractivity contribution in [2.45, 2.75) is 69.2 Å². The first-order valence-electron chi connectivity index (χ1n) is 11.7. The van der Waals surface area contributed by atoms with Gasteiger partial charge in [-0.25, -0.2) is 9.97 Å². The van der Waals surface area contributed by atoms with Crippen molar-refractivity contribution in [3.63, 3.8) is 0 Å². The lowest BCUT2D eigenvalue weighted by Gasteiger charge is -2.31. The minimum absolute atomic E-state index is 0.176. The zero-order valence-corrected chi connectivity index (χ0v) is 19.3. The number of aliphatic hydroxyl groups excluding tert-OH is 2. The van der Waals surface area contributed by atoms with Crippen molar-refractivity contribution < 1.29 is 15.3 Å². The Bertz CT molecular complexity index is 1210. The molecule has 174 valence electrons. The Morgan fingerprint density at radius 3 is 2.67 bits per heavy atom. The normalized spacial score (nSPS) is 27.3. The van der Waals surface area contributed by atoms with Crippen LogP contribution in [0.4, 0.5) is 11.8 Å². The predicted octanol–water partition coefficient (Wildman–Crippen LogP) is 2.77. The molecule has 3 aliphatic rings. The molecule has 3 atom stereocenters. The summed E-state index contributed by atoms with van der Waals surface area (Å²) in [7, 11) is 0. The molecule has 3 heterocycles. The Morgan fingerprint density at radius 2 is 1.97 bits per heavy atom. The lowest BCUT2D eigenvalue weighted by atomic mass is 10.0. The standard InChI is InChI=1S/C23H28N6O3S/c1-11-16(21-27-18-15(33-21)7-9-24-17(18)12-2-3-12)20(28-22(25-11)26-14-4-5-14)29-23(32)8-6-13(10-30)19(23)31/h7,9,12-14,19,30-32H,2-6,8,10H2,1H3,(H2,25,26,28,29). The molecule has 6 rings (SSSR count). The number of rotatable bonds is 7. The van der Waals surface area contributed by atoms with Crippen LogP contribution < -0.4 is 10.6 Å². The van der Waals surface area contributed by atoms with E-state index in [4.69, 9.17) is 9.97 Å². The number of nitrogens with one attached hydrogen (secondary N) is 2. The van der Waals surface area contributed by atoms with E-state index in [0.717, 1.165) is 52.3 Å². The van der Waals surface area contributed by atoms with Gasteiger partial charge in [-0.3, -0.25) is 4.98 Å². The first-order chi connectivity index (χ1) is 15.9. The summed E-state index contributed by atoms with van der Waals surface area (Å²) in [6.45, 7) is 1.74. The van der Waals surface area contributed by atoms with Crippen LogP contribution in [0.25, 0.3) is 20.8 Å². The quantitative estimate of drug-likeness (QED) is 0.332. The third-order valence-electron chi connectivity index (χ3n) is 6.92. The van der Waals surface area contributed by atoms with Gasteiger partial charge in [0.15, 0.2) is 5.72 Å². The first kappa shape index (κ1) is 21.2. The van der Waals surface area contributed by atoms with Crippen LogP contribution in [0.5, 0.6) is 0 Å². The molecule has 3 aliphatic carbocycles. The molecular formula is C23H28N6O3S. The van der Waals surface area contributed by atoms with Gasteiger partial charge in [0.1, 0.15) is 22.4 Å². The Labute approximate surface area is 195 Å². The molecular weight excluding hydrogens is 440 g/mol. The largest absolute Gasteiger partial charge is 0.396 e. The van der Waals surface area contributed by atoms with Gasteiger partial charge in [0.2, 0.25) is 5.95 Å². The number of aliphatic hydroxyl groups is 3. The summed E-state index contributed by atoms with van der Waals surface area (Å²) in [6, 6.07) is 2.35. The maximum absolute atomic E-state index is 11.2. The molecule has 0 saturated heterocycles. The van der Waals surface area contributed by atoms with Crippen LogP contribution >= 0.6 is 11.3 Å². The van der Waals surface area contributed by atoms with Gasteiger partial charge < -0.3 is 26.0 Å². The summed E-state index contributed by atoms with van der Waals surface area (Å²) in [5.41, 5.74) is 1.84. The average molecular weight is 469 g/mol. The highest BCUT2D eigenvalue weighted by Crippen LogP contribution is 2.45. The van der Waals surface area contributed by atoms with E-state index >= 15 is 0 Å². The van der Waals surface area contributed by atoms with E-state index in [0.29, 0.717) is 42.1 Å². The summed E-state index contributed by atoms with van der Waals surface area (Å²) < 4.78 is 1.06. The van der Waals surface area contributed by atoms with Gasteiger partial charge in [-0.1, -0.05) is 0 Å². The van der Waals surface area contributed by atoms with E-state index in [1.807, 2.05) is 19.2 Å². The molecule has 0 aliphatic heterocycles. The number of hydrogen-bond acceptors (Lipinski definition) is 10. The number of pyridine rings is 1. The SMILES string of the molecule is Cc1nc(NC2CC2)nc(NC2(O)CCC(CO)C2O)c1-c1nc2c(C3CC3)nccc2s1. The Hall–Kier alpha value is -2.40. The van der Waals surface area contributed by atoms with E-state index in [-0.39, 0.29) is 12.5 Å². The number of aryl methyl sites for hydroxylation is 1. The van der Waals surface area contributed by atoms with Crippen molar-refractivity contribution in [2.24, 2.45) is 5.92 Å². The fraction of sp³-hybridized carbons (Fsp3) is 0.565. The van der Waals surface area contributed by atoms with Crippen molar-refractivity contribution in [3.8, 4) is 10.6 Å². The molecule has 3 aromatic rings. The number of thiazole rings is 1. The number of fused-ring (bicyclic) bond motifs is 1. The smallest absolute Gasteiger partial charge is 0.225 e. The van der Waals surface area contributed by atoms with Crippen molar-refractivity contribution in [1.82, 2.24) is 19.9 Å². The lowest BCUT2D eigenvalue weighted by Crippen LogP contribution is -2.48. The highest BCUT2D eigenvalue weighted by molar-refractivity contribution is 7.21. The van der Waals surface area contributed by atoms with Crippen molar-refractivity contribution >= 4 is 33.3 Å². The topological polar surface area (TPSA) is 136 Å². The molecule has 3 fully saturated rings. The average Bonchev–Trinajstić information content (AvgIpc) is 3.71. The van der Waals surface area contributed by atoms with Crippen LogP contribution in [0.2, 0.25) is 0 Å². The van der Waals surface area contributed by atoms with Crippen LogP contribution in [0, 0.1) is 12.8 Å². The molecule has 5 N–H and O–H groups in total. The second kappa shape index (κ2) is 7.83. The van der Waals surface area contributed by atoms with E-state index < -0.39 is 11.8 Å². The predicted molar refractivity (Wildman–Crippen MR) is 126 cm³/mol. The maximum Gasteiger partial charge on any atom is 0.225 e. The van der Waals surface area contributed by atoms with Crippen molar-refractivity contribution in [3.05, 3.63) is 23.7 Å². The molecule has 33 heavy (non-hydrogen) atoms. The molecule has 0 amide bonds. The van der Waals surface area contributed by atoms with Crippen LogP contribution in [0.3, 0.4) is 0 Å². The zero-order valence-electron chi connectivity index (χ0n) is 18.5. The second-order valence-electron chi connectivity index (χ2n) is 9.59. The highest BCUT2D eigenvalue weighted by atomic mass is 32.1. The second-order valence-corrected chi connectivity index (χ2v) is 10.6. The lowest BCUT2D eigenvalue weighted by molar-refractivity contribution is -0.0545. The van der Waals surface area contributed by atoms with Gasteiger partial charge in [-0.2, -0.15) is 4.98 Å². The zero-order chi connectivity index (χ0) is 22.7. The fourth-order valence-electron chi connectivity index (χ4n) is 4.67. The summed E-state index contributed by atoms with van der Waals surface area (Å²) >= 11 is 1.56. The molecule has 0 spiro atoms. The molecule has 9 nitrogen and oxygen atoms in total.